The van der Waals surface area contributed by atoms with Gasteiger partial charge in [0.2, 0.25) is 0 Å². The lowest BCUT2D eigenvalue weighted by Gasteiger charge is -2.38. The van der Waals surface area contributed by atoms with Gasteiger partial charge in [-0.3, -0.25) is 4.90 Å². The molecule has 22 heavy (non-hydrogen) atoms. The Morgan fingerprint density at radius 1 is 1.23 bits per heavy atom. The number of morpholine rings is 1. The third-order valence-corrected chi connectivity index (χ3v) is 5.04. The smallest absolute Gasteiger partial charge is 0.0900 e. The second kappa shape index (κ2) is 9.86. The summed E-state index contributed by atoms with van der Waals surface area (Å²) in [7, 11) is 0. The number of rotatable bonds is 6. The van der Waals surface area contributed by atoms with Crippen LogP contribution in [0.5, 0.6) is 0 Å². The molecule has 1 heterocycles. The van der Waals surface area contributed by atoms with Crippen LogP contribution >= 0.6 is 0 Å². The van der Waals surface area contributed by atoms with E-state index in [0.717, 1.165) is 38.6 Å². The predicted molar refractivity (Wildman–Crippen MR) is 91.1 cm³/mol. The highest BCUT2D eigenvalue weighted by Crippen LogP contribution is 2.35. The van der Waals surface area contributed by atoms with Gasteiger partial charge < -0.3 is 14.6 Å². The third-order valence-electron chi connectivity index (χ3n) is 5.04. The van der Waals surface area contributed by atoms with Crippen LogP contribution < -0.4 is 0 Å². The van der Waals surface area contributed by atoms with Crippen molar-refractivity contribution in [1.82, 2.24) is 4.90 Å². The zero-order valence-electron chi connectivity index (χ0n) is 14.0. The van der Waals surface area contributed by atoms with Gasteiger partial charge >= 0.3 is 0 Å². The molecule has 4 atom stereocenters. The van der Waals surface area contributed by atoms with Gasteiger partial charge in [-0.15, -0.1) is 0 Å². The van der Waals surface area contributed by atoms with Crippen LogP contribution in [0, 0.1) is 17.8 Å². The summed E-state index contributed by atoms with van der Waals surface area (Å²) in [6.07, 6.45) is 3.68. The van der Waals surface area contributed by atoms with Gasteiger partial charge in [-0.05, 0) is 30.6 Å². The molecule has 2 aliphatic rings. The fraction of sp³-hybridized carbons (Fsp3) is 1.00. The number of hydrogen-bond donors (Lipinski definition) is 1. The molecule has 0 bridgehead atoms. The minimum Gasteiger partial charge on any atom is -0.389 e. The highest BCUT2D eigenvalue weighted by molar-refractivity contribution is 4.81. The average molecular weight is 315 g/mol. The summed E-state index contributed by atoms with van der Waals surface area (Å²) >= 11 is 0. The largest absolute Gasteiger partial charge is 0.389 e. The van der Waals surface area contributed by atoms with E-state index in [1.165, 1.54) is 12.8 Å². The van der Waals surface area contributed by atoms with Crippen molar-refractivity contribution in [3.05, 3.63) is 0 Å². The molecule has 132 valence electrons. The first-order chi connectivity index (χ1) is 10.1. The van der Waals surface area contributed by atoms with Crippen molar-refractivity contribution < 1.29 is 14.6 Å². The molecule has 1 saturated carbocycles. The maximum Gasteiger partial charge on any atom is 0.0900 e. The first-order valence-corrected chi connectivity index (χ1v) is 8.66. The van der Waals surface area contributed by atoms with Gasteiger partial charge in [0.1, 0.15) is 0 Å². The Hall–Kier alpha value is -0.160. The molecule has 1 aliphatic carbocycles. The van der Waals surface area contributed by atoms with E-state index in [1.807, 2.05) is 0 Å². The first kappa shape index (κ1) is 19.9. The Balaban J connectivity index is 0.00000242. The predicted octanol–water partition coefficient (Wildman–Crippen LogP) is 2.79. The lowest BCUT2D eigenvalue weighted by molar-refractivity contribution is -0.0782. The highest BCUT2D eigenvalue weighted by atomic mass is 16.5. The Bertz CT molecular complexity index is 292. The van der Waals surface area contributed by atoms with Crippen molar-refractivity contribution >= 4 is 0 Å². The van der Waals surface area contributed by atoms with Crippen LogP contribution in [0.25, 0.3) is 0 Å². The second-order valence-corrected chi connectivity index (χ2v) is 7.26. The van der Waals surface area contributed by atoms with Crippen molar-refractivity contribution in [2.75, 3.05) is 39.5 Å². The van der Waals surface area contributed by atoms with E-state index < -0.39 is 0 Å². The van der Waals surface area contributed by atoms with E-state index in [2.05, 4.69) is 25.7 Å². The van der Waals surface area contributed by atoms with Crippen LogP contribution in [0.1, 0.15) is 47.5 Å². The highest BCUT2D eigenvalue weighted by Gasteiger charge is 2.31. The summed E-state index contributed by atoms with van der Waals surface area (Å²) < 4.78 is 11.5. The molecule has 0 amide bonds. The zero-order chi connectivity index (χ0) is 15.2. The minimum atomic E-state index is -0.381. The Morgan fingerprint density at radius 3 is 2.55 bits per heavy atom. The van der Waals surface area contributed by atoms with Gasteiger partial charge in [0.15, 0.2) is 0 Å². The molecule has 1 saturated heterocycles. The number of aliphatic hydroxyl groups excluding tert-OH is 1. The summed E-state index contributed by atoms with van der Waals surface area (Å²) in [6, 6.07) is 0. The van der Waals surface area contributed by atoms with Crippen LogP contribution in [0.15, 0.2) is 0 Å². The summed E-state index contributed by atoms with van der Waals surface area (Å²) in [5, 5.41) is 10.2. The van der Waals surface area contributed by atoms with Crippen LogP contribution in [-0.4, -0.2) is 61.7 Å². The Labute approximate surface area is 137 Å². The standard InChI is InChI=1S/C17H33NO3.CH4/c1-13(2)16-5-4-14(3)10-17(16)21-12-15(19)11-18-6-8-20-9-7-18;/h13-17,19H,4-12H2,1-3H3;1H4. The van der Waals surface area contributed by atoms with Crippen molar-refractivity contribution in [2.45, 2.75) is 59.7 Å². The summed E-state index contributed by atoms with van der Waals surface area (Å²) in [6.45, 7) is 11.5. The van der Waals surface area contributed by atoms with Crippen molar-refractivity contribution in [2.24, 2.45) is 17.8 Å². The van der Waals surface area contributed by atoms with E-state index in [-0.39, 0.29) is 13.5 Å². The number of β-amino-alcohol motifs (C(OH)–C–C–N with tert-alkyl or cyclic N) is 1. The topological polar surface area (TPSA) is 41.9 Å². The summed E-state index contributed by atoms with van der Waals surface area (Å²) in [5.41, 5.74) is 0. The van der Waals surface area contributed by atoms with Gasteiger partial charge in [-0.1, -0.05) is 34.6 Å². The van der Waals surface area contributed by atoms with Crippen LogP contribution in [-0.2, 0) is 9.47 Å². The Morgan fingerprint density at radius 2 is 1.91 bits per heavy atom. The molecule has 4 heteroatoms. The van der Waals surface area contributed by atoms with Crippen LogP contribution in [0.2, 0.25) is 0 Å². The van der Waals surface area contributed by atoms with Crippen LogP contribution in [0.3, 0.4) is 0 Å². The fourth-order valence-electron chi connectivity index (χ4n) is 3.68. The molecule has 0 aromatic rings. The van der Waals surface area contributed by atoms with E-state index in [0.29, 0.717) is 31.1 Å². The molecular weight excluding hydrogens is 278 g/mol. The van der Waals surface area contributed by atoms with Crippen LogP contribution in [0.4, 0.5) is 0 Å². The number of ether oxygens (including phenoxy) is 2. The van der Waals surface area contributed by atoms with Crippen molar-refractivity contribution in [3.8, 4) is 0 Å². The molecule has 1 aliphatic heterocycles. The number of aliphatic hydroxyl groups is 1. The zero-order valence-corrected chi connectivity index (χ0v) is 14.0. The molecular formula is C18H37NO3. The lowest BCUT2D eigenvalue weighted by atomic mass is 9.75. The maximum atomic E-state index is 10.2. The molecule has 4 nitrogen and oxygen atoms in total. The monoisotopic (exact) mass is 315 g/mol. The molecule has 1 N–H and O–H groups in total. The number of nitrogens with zero attached hydrogens (tertiary/aromatic N) is 1. The fourth-order valence-corrected chi connectivity index (χ4v) is 3.68. The van der Waals surface area contributed by atoms with Crippen molar-refractivity contribution in [1.29, 1.82) is 0 Å². The van der Waals surface area contributed by atoms with Gasteiger partial charge in [-0.2, -0.15) is 0 Å². The maximum absolute atomic E-state index is 10.2. The third kappa shape index (κ3) is 6.15. The molecule has 2 fully saturated rings. The minimum absolute atomic E-state index is 0. The van der Waals surface area contributed by atoms with E-state index >= 15 is 0 Å². The Kier molecular flexibility index (Phi) is 8.91. The van der Waals surface area contributed by atoms with E-state index in [4.69, 9.17) is 9.47 Å². The second-order valence-electron chi connectivity index (χ2n) is 7.26. The molecule has 2 rings (SSSR count). The molecule has 0 radical (unpaired) electrons. The summed E-state index contributed by atoms with van der Waals surface area (Å²) in [4.78, 5) is 2.26. The van der Waals surface area contributed by atoms with Gasteiger partial charge in [0, 0.05) is 19.6 Å². The molecule has 0 spiro atoms. The van der Waals surface area contributed by atoms with Gasteiger partial charge in [0.25, 0.3) is 0 Å². The van der Waals surface area contributed by atoms with E-state index in [1.54, 1.807) is 0 Å². The SMILES string of the molecule is C.CC1CCC(C(C)C)C(OCC(O)CN2CCOCC2)C1. The normalized spacial score (nSPS) is 31.8. The number of hydrogen-bond acceptors (Lipinski definition) is 4. The average Bonchev–Trinajstić information content (AvgIpc) is 2.46. The first-order valence-electron chi connectivity index (χ1n) is 8.66. The van der Waals surface area contributed by atoms with Gasteiger partial charge in [-0.25, -0.2) is 0 Å². The lowest BCUT2D eigenvalue weighted by Crippen LogP contribution is -2.43. The molecule has 0 aromatic heterocycles. The van der Waals surface area contributed by atoms with Crippen molar-refractivity contribution in [3.63, 3.8) is 0 Å². The summed E-state index contributed by atoms with van der Waals surface area (Å²) in [5.74, 6) is 2.07. The van der Waals surface area contributed by atoms with E-state index in [9.17, 15) is 5.11 Å². The van der Waals surface area contributed by atoms with Gasteiger partial charge in [0.05, 0.1) is 32.0 Å². The molecule has 4 unspecified atom stereocenters. The quantitative estimate of drug-likeness (QED) is 0.818. The molecule has 0 aromatic carbocycles.